The van der Waals surface area contributed by atoms with Crippen LogP contribution in [0.4, 0.5) is 0 Å². The topological polar surface area (TPSA) is 85.8 Å². The molecule has 3 aromatic rings. The fourth-order valence-corrected chi connectivity index (χ4v) is 4.14. The third-order valence-corrected chi connectivity index (χ3v) is 6.12. The number of nitrogens with zero attached hydrogens (tertiary/aromatic N) is 2. The Morgan fingerprint density at radius 1 is 1.22 bits per heavy atom. The van der Waals surface area contributed by atoms with Gasteiger partial charge in [0.25, 0.3) is 0 Å². The van der Waals surface area contributed by atoms with E-state index >= 15 is 0 Å². The van der Waals surface area contributed by atoms with Crippen LogP contribution in [-0.2, 0) is 16.4 Å². The Morgan fingerprint density at radius 2 is 2.04 bits per heavy atom. The van der Waals surface area contributed by atoms with E-state index in [0.717, 1.165) is 11.5 Å². The van der Waals surface area contributed by atoms with E-state index in [9.17, 15) is 8.42 Å². The summed E-state index contributed by atoms with van der Waals surface area (Å²) in [5.41, 5.74) is 1.35. The van der Waals surface area contributed by atoms with Gasteiger partial charge in [-0.25, -0.2) is 12.7 Å². The summed E-state index contributed by atoms with van der Waals surface area (Å²) >= 11 is 0. The maximum Gasteiger partial charge on any atom is 0.246 e. The van der Waals surface area contributed by atoms with Crippen molar-refractivity contribution >= 4 is 10.0 Å². The lowest BCUT2D eigenvalue weighted by Crippen LogP contribution is -2.28. The molecule has 0 unspecified atom stereocenters. The first-order valence-electron chi connectivity index (χ1n) is 8.52. The summed E-state index contributed by atoms with van der Waals surface area (Å²) in [5, 5.41) is 3.85. The summed E-state index contributed by atoms with van der Waals surface area (Å²) in [7, 11) is -0.725. The smallest absolute Gasteiger partial charge is 0.246 e. The van der Waals surface area contributed by atoms with Crippen molar-refractivity contribution in [3.05, 3.63) is 54.1 Å². The van der Waals surface area contributed by atoms with Gasteiger partial charge in [0.2, 0.25) is 10.0 Å². The standard InChI is InChI=1S/C19H22N2O5S/c1-14-12-18(26-20-14)15-8-9-17(24-3)19(13-15)27(22,23)21(2)10-4-6-16-7-5-11-25-16/h5,7-9,11-13H,4,6,10H2,1-3H3. The third kappa shape index (κ3) is 4.23. The van der Waals surface area contributed by atoms with Gasteiger partial charge in [0, 0.05) is 31.6 Å². The highest BCUT2D eigenvalue weighted by atomic mass is 32.2. The van der Waals surface area contributed by atoms with Gasteiger partial charge < -0.3 is 13.7 Å². The minimum Gasteiger partial charge on any atom is -0.495 e. The molecule has 27 heavy (non-hydrogen) atoms. The van der Waals surface area contributed by atoms with Crippen molar-refractivity contribution in [1.82, 2.24) is 9.46 Å². The van der Waals surface area contributed by atoms with E-state index in [2.05, 4.69) is 5.16 Å². The van der Waals surface area contributed by atoms with Gasteiger partial charge in [-0.05, 0) is 43.7 Å². The zero-order chi connectivity index (χ0) is 19.4. The molecule has 8 heteroatoms. The van der Waals surface area contributed by atoms with Crippen molar-refractivity contribution in [3.8, 4) is 17.1 Å². The minimum absolute atomic E-state index is 0.0945. The SMILES string of the molecule is COc1ccc(-c2cc(C)no2)cc1S(=O)(=O)N(C)CCCc1ccco1. The lowest BCUT2D eigenvalue weighted by molar-refractivity contribution is 0.396. The van der Waals surface area contributed by atoms with E-state index in [1.807, 2.05) is 12.1 Å². The first kappa shape index (κ1) is 19.2. The molecule has 0 aliphatic rings. The molecular weight excluding hydrogens is 368 g/mol. The fraction of sp³-hybridized carbons (Fsp3) is 0.316. The predicted octanol–water partition coefficient (Wildman–Crippen LogP) is 3.50. The molecular formula is C19H22N2O5S. The zero-order valence-corrected chi connectivity index (χ0v) is 16.3. The van der Waals surface area contributed by atoms with Crippen LogP contribution in [0.2, 0.25) is 0 Å². The largest absolute Gasteiger partial charge is 0.495 e. The van der Waals surface area contributed by atoms with Crippen molar-refractivity contribution in [1.29, 1.82) is 0 Å². The maximum atomic E-state index is 13.1. The Morgan fingerprint density at radius 3 is 2.67 bits per heavy atom. The van der Waals surface area contributed by atoms with E-state index < -0.39 is 10.0 Å². The molecule has 7 nitrogen and oxygen atoms in total. The summed E-state index contributed by atoms with van der Waals surface area (Å²) < 4.78 is 43.3. The van der Waals surface area contributed by atoms with E-state index in [0.29, 0.717) is 30.7 Å². The Hall–Kier alpha value is -2.58. The average molecular weight is 390 g/mol. The molecule has 0 saturated carbocycles. The van der Waals surface area contributed by atoms with Crippen LogP contribution in [0.15, 0.2) is 56.5 Å². The molecule has 0 aliphatic carbocycles. The lowest BCUT2D eigenvalue weighted by atomic mass is 10.1. The van der Waals surface area contributed by atoms with E-state index in [1.165, 1.54) is 11.4 Å². The van der Waals surface area contributed by atoms with Crippen LogP contribution >= 0.6 is 0 Å². The van der Waals surface area contributed by atoms with Gasteiger partial charge in [0.1, 0.15) is 16.4 Å². The minimum atomic E-state index is -3.73. The number of ether oxygens (including phenoxy) is 1. The summed E-state index contributed by atoms with van der Waals surface area (Å²) in [5.74, 6) is 1.63. The van der Waals surface area contributed by atoms with Crippen molar-refractivity contribution in [3.63, 3.8) is 0 Å². The van der Waals surface area contributed by atoms with Crippen LogP contribution < -0.4 is 4.74 Å². The maximum absolute atomic E-state index is 13.1. The number of hydrogen-bond acceptors (Lipinski definition) is 6. The molecule has 0 fully saturated rings. The highest BCUT2D eigenvalue weighted by Gasteiger charge is 2.25. The number of benzene rings is 1. The molecule has 2 aromatic heterocycles. The number of hydrogen-bond donors (Lipinski definition) is 0. The van der Waals surface area contributed by atoms with Crippen molar-refractivity contribution in [2.24, 2.45) is 0 Å². The molecule has 0 N–H and O–H groups in total. The van der Waals surface area contributed by atoms with Crippen LogP contribution in [0.5, 0.6) is 5.75 Å². The second kappa shape index (κ2) is 7.98. The number of aryl methyl sites for hydroxylation is 2. The molecule has 0 aliphatic heterocycles. The number of aromatic nitrogens is 1. The van der Waals surface area contributed by atoms with Gasteiger partial charge in [-0.15, -0.1) is 0 Å². The second-order valence-corrected chi connectivity index (χ2v) is 8.22. The van der Waals surface area contributed by atoms with Gasteiger partial charge >= 0.3 is 0 Å². The van der Waals surface area contributed by atoms with E-state index in [1.54, 1.807) is 44.5 Å². The first-order chi connectivity index (χ1) is 12.9. The first-order valence-corrected chi connectivity index (χ1v) is 9.96. The second-order valence-electron chi connectivity index (χ2n) is 6.21. The predicted molar refractivity (Wildman–Crippen MR) is 100 cm³/mol. The van der Waals surface area contributed by atoms with Crippen LogP contribution in [0.3, 0.4) is 0 Å². The normalized spacial score (nSPS) is 11.9. The molecule has 144 valence electrons. The molecule has 0 radical (unpaired) electrons. The summed E-state index contributed by atoms with van der Waals surface area (Å²) in [6.45, 7) is 2.17. The van der Waals surface area contributed by atoms with Gasteiger partial charge in [0.05, 0.1) is 19.1 Å². The Labute approximate surface area is 158 Å². The van der Waals surface area contributed by atoms with E-state index in [-0.39, 0.29) is 10.6 Å². The molecule has 3 rings (SSSR count). The molecule has 0 saturated heterocycles. The van der Waals surface area contributed by atoms with Crippen LogP contribution in [0, 0.1) is 6.92 Å². The molecule has 0 spiro atoms. The quantitative estimate of drug-likeness (QED) is 0.585. The van der Waals surface area contributed by atoms with Gasteiger partial charge in [-0.2, -0.15) is 0 Å². The monoisotopic (exact) mass is 390 g/mol. The number of furan rings is 1. The average Bonchev–Trinajstić information content (AvgIpc) is 3.32. The number of methoxy groups -OCH3 is 1. The molecule has 1 aromatic carbocycles. The Bertz CT molecular complexity index is 993. The van der Waals surface area contributed by atoms with Crippen molar-refractivity contribution in [2.45, 2.75) is 24.7 Å². The molecule has 0 amide bonds. The van der Waals surface area contributed by atoms with Gasteiger partial charge in [0.15, 0.2) is 5.76 Å². The summed E-state index contributed by atoms with van der Waals surface area (Å²) in [6.07, 6.45) is 2.92. The van der Waals surface area contributed by atoms with Crippen LogP contribution in [0.25, 0.3) is 11.3 Å². The highest BCUT2D eigenvalue weighted by Crippen LogP contribution is 2.32. The molecule has 2 heterocycles. The van der Waals surface area contributed by atoms with Crippen molar-refractivity contribution in [2.75, 3.05) is 20.7 Å². The Balaban J connectivity index is 1.83. The molecule has 0 atom stereocenters. The summed E-state index contributed by atoms with van der Waals surface area (Å²) in [6, 6.07) is 10.4. The lowest BCUT2D eigenvalue weighted by Gasteiger charge is -2.19. The number of rotatable bonds is 8. The van der Waals surface area contributed by atoms with Gasteiger partial charge in [-0.1, -0.05) is 5.16 Å². The fourth-order valence-electron chi connectivity index (χ4n) is 2.75. The number of sulfonamides is 1. The molecule has 0 bridgehead atoms. The summed E-state index contributed by atoms with van der Waals surface area (Å²) in [4.78, 5) is 0.0945. The van der Waals surface area contributed by atoms with E-state index in [4.69, 9.17) is 13.7 Å². The Kier molecular flexibility index (Phi) is 5.67. The van der Waals surface area contributed by atoms with Crippen molar-refractivity contribution < 1.29 is 22.1 Å². The highest BCUT2D eigenvalue weighted by molar-refractivity contribution is 7.89. The van der Waals surface area contributed by atoms with Gasteiger partial charge in [-0.3, -0.25) is 0 Å². The zero-order valence-electron chi connectivity index (χ0n) is 15.5. The van der Waals surface area contributed by atoms with Crippen LogP contribution in [0.1, 0.15) is 17.9 Å². The van der Waals surface area contributed by atoms with Crippen LogP contribution in [-0.4, -0.2) is 38.6 Å². The third-order valence-electron chi connectivity index (χ3n) is 4.24.